The maximum Gasteiger partial charge on any atom is 0.259 e. The van der Waals surface area contributed by atoms with Gasteiger partial charge in [0.15, 0.2) is 0 Å². The quantitative estimate of drug-likeness (QED) is 0.832. The molecule has 0 radical (unpaired) electrons. The fraction of sp³-hybridized carbons (Fsp3) is 0.500. The zero-order valence-corrected chi connectivity index (χ0v) is 16.4. The first-order valence-corrected chi connectivity index (χ1v) is 9.49. The van der Waals surface area contributed by atoms with Crippen molar-refractivity contribution < 1.29 is 9.18 Å². The summed E-state index contributed by atoms with van der Waals surface area (Å²) in [5, 5.41) is 10.6. The molecule has 1 aliphatic carbocycles. The molecule has 0 bridgehead atoms. The van der Waals surface area contributed by atoms with E-state index in [0.29, 0.717) is 30.0 Å². The van der Waals surface area contributed by atoms with E-state index in [2.05, 4.69) is 15.7 Å². The number of carbonyl (C=O) groups is 1. The molecule has 2 N–H and O–H groups in total. The van der Waals surface area contributed by atoms with Crippen LogP contribution < -0.4 is 10.6 Å². The lowest BCUT2D eigenvalue weighted by molar-refractivity contribution is 0.102. The molecule has 146 valence electrons. The smallest absolute Gasteiger partial charge is 0.259 e. The monoisotopic (exact) mass is 392 g/mol. The Balaban J connectivity index is 0.00000210. The lowest BCUT2D eigenvalue weighted by atomic mass is 9.85. The van der Waals surface area contributed by atoms with E-state index in [0.717, 1.165) is 30.6 Å². The summed E-state index contributed by atoms with van der Waals surface area (Å²) in [5.41, 5.74) is 3.36. The molecule has 5 nitrogen and oxygen atoms in total. The number of rotatable bonds is 3. The summed E-state index contributed by atoms with van der Waals surface area (Å²) < 4.78 is 16.5. The van der Waals surface area contributed by atoms with Crippen LogP contribution in [0.1, 0.15) is 65.2 Å². The maximum absolute atomic E-state index is 14.8. The number of amides is 1. The molecule has 0 saturated heterocycles. The number of carbonyl (C=O) groups excluding carboxylic acids is 1. The van der Waals surface area contributed by atoms with Crippen LogP contribution in [0.25, 0.3) is 0 Å². The summed E-state index contributed by atoms with van der Waals surface area (Å²) in [6.45, 7) is 1.44. The Labute approximate surface area is 165 Å². The molecular weight excluding hydrogens is 367 g/mol. The van der Waals surface area contributed by atoms with Gasteiger partial charge in [-0.05, 0) is 43.0 Å². The fourth-order valence-electron chi connectivity index (χ4n) is 4.18. The van der Waals surface area contributed by atoms with Crippen LogP contribution in [0.4, 0.5) is 10.1 Å². The van der Waals surface area contributed by atoms with Crippen LogP contribution >= 0.6 is 12.4 Å². The molecule has 0 atom stereocenters. The molecular formula is C20H26ClFN4O. The van der Waals surface area contributed by atoms with Crippen molar-refractivity contribution in [2.45, 2.75) is 51.0 Å². The van der Waals surface area contributed by atoms with Gasteiger partial charge in [0.25, 0.3) is 5.91 Å². The van der Waals surface area contributed by atoms with Gasteiger partial charge in [0.1, 0.15) is 5.82 Å². The number of hydrogen-bond donors (Lipinski definition) is 2. The number of aryl methyl sites for hydroxylation is 1. The normalized spacial score (nSPS) is 17.1. The zero-order chi connectivity index (χ0) is 18.1. The van der Waals surface area contributed by atoms with Crippen LogP contribution in [-0.2, 0) is 20.0 Å². The summed E-state index contributed by atoms with van der Waals surface area (Å²) in [7, 11) is 1.83. The van der Waals surface area contributed by atoms with E-state index in [4.69, 9.17) is 0 Å². The van der Waals surface area contributed by atoms with Crippen LogP contribution in [-0.4, -0.2) is 22.2 Å². The van der Waals surface area contributed by atoms with Gasteiger partial charge in [-0.25, -0.2) is 4.39 Å². The number of halogens is 2. The third kappa shape index (κ3) is 4.01. The first-order chi connectivity index (χ1) is 12.6. The largest absolute Gasteiger partial charge is 0.319 e. The van der Waals surface area contributed by atoms with Crippen LogP contribution in [0.5, 0.6) is 0 Å². The van der Waals surface area contributed by atoms with Gasteiger partial charge in [0.05, 0.1) is 16.9 Å². The van der Waals surface area contributed by atoms with E-state index >= 15 is 0 Å². The van der Waals surface area contributed by atoms with Crippen molar-refractivity contribution in [3.63, 3.8) is 0 Å². The summed E-state index contributed by atoms with van der Waals surface area (Å²) in [5.74, 6) is -0.253. The minimum atomic E-state index is -0.305. The molecule has 27 heavy (non-hydrogen) atoms. The van der Waals surface area contributed by atoms with Gasteiger partial charge in [-0.2, -0.15) is 5.10 Å². The van der Waals surface area contributed by atoms with Crippen LogP contribution in [0.2, 0.25) is 0 Å². The summed E-state index contributed by atoms with van der Waals surface area (Å²) >= 11 is 0. The van der Waals surface area contributed by atoms with Crippen molar-refractivity contribution in [2.75, 3.05) is 11.9 Å². The lowest BCUT2D eigenvalue weighted by Gasteiger charge is -2.21. The summed E-state index contributed by atoms with van der Waals surface area (Å²) in [4.78, 5) is 12.9. The van der Waals surface area contributed by atoms with Crippen LogP contribution in [0, 0.1) is 5.82 Å². The van der Waals surface area contributed by atoms with Gasteiger partial charge in [-0.15, -0.1) is 12.4 Å². The molecule has 1 aromatic heterocycles. The van der Waals surface area contributed by atoms with Crippen molar-refractivity contribution in [1.82, 2.24) is 15.1 Å². The van der Waals surface area contributed by atoms with Gasteiger partial charge in [-0.3, -0.25) is 9.48 Å². The van der Waals surface area contributed by atoms with E-state index in [9.17, 15) is 9.18 Å². The first kappa shape index (κ1) is 19.8. The second kappa shape index (κ2) is 8.40. The summed E-state index contributed by atoms with van der Waals surface area (Å²) in [6.07, 6.45) is 8.13. The van der Waals surface area contributed by atoms with Crippen molar-refractivity contribution in [3.8, 4) is 0 Å². The van der Waals surface area contributed by atoms with E-state index in [1.165, 1.54) is 19.3 Å². The Hall–Kier alpha value is -1.92. The molecule has 0 unspecified atom stereocenters. The number of anilines is 1. The second-order valence-electron chi connectivity index (χ2n) is 7.38. The van der Waals surface area contributed by atoms with Crippen molar-refractivity contribution >= 4 is 24.0 Å². The van der Waals surface area contributed by atoms with Crippen molar-refractivity contribution in [3.05, 3.63) is 46.5 Å². The van der Waals surface area contributed by atoms with Crippen molar-refractivity contribution in [2.24, 2.45) is 7.05 Å². The SMILES string of the molecule is Cl.Cn1cc(C(=O)Nc2ccc3c(c2F)CCNC3)c(C2CCCCC2)n1. The topological polar surface area (TPSA) is 59.0 Å². The highest BCUT2D eigenvalue weighted by Gasteiger charge is 2.26. The molecule has 1 fully saturated rings. The number of aromatic nitrogens is 2. The molecule has 1 amide bonds. The first-order valence-electron chi connectivity index (χ1n) is 9.49. The predicted molar refractivity (Wildman–Crippen MR) is 106 cm³/mol. The molecule has 1 aliphatic heterocycles. The highest BCUT2D eigenvalue weighted by Crippen LogP contribution is 2.34. The van der Waals surface area contributed by atoms with E-state index in [-0.39, 0.29) is 29.8 Å². The van der Waals surface area contributed by atoms with Crippen LogP contribution in [0.15, 0.2) is 18.3 Å². The van der Waals surface area contributed by atoms with E-state index in [1.807, 2.05) is 13.1 Å². The minimum absolute atomic E-state index is 0. The highest BCUT2D eigenvalue weighted by molar-refractivity contribution is 6.05. The number of fused-ring (bicyclic) bond motifs is 1. The van der Waals surface area contributed by atoms with E-state index in [1.54, 1.807) is 16.9 Å². The molecule has 1 aromatic carbocycles. The average molecular weight is 393 g/mol. The lowest BCUT2D eigenvalue weighted by Crippen LogP contribution is -2.25. The van der Waals surface area contributed by atoms with Gasteiger partial charge in [0.2, 0.25) is 0 Å². The van der Waals surface area contributed by atoms with Crippen LogP contribution in [0.3, 0.4) is 0 Å². The van der Waals surface area contributed by atoms with Gasteiger partial charge >= 0.3 is 0 Å². The Morgan fingerprint density at radius 1 is 1.30 bits per heavy atom. The van der Waals surface area contributed by atoms with E-state index < -0.39 is 0 Å². The summed E-state index contributed by atoms with van der Waals surface area (Å²) in [6, 6.07) is 3.56. The number of nitrogens with one attached hydrogen (secondary N) is 2. The molecule has 2 heterocycles. The number of hydrogen-bond acceptors (Lipinski definition) is 3. The molecule has 7 heteroatoms. The van der Waals surface area contributed by atoms with Gasteiger partial charge < -0.3 is 10.6 Å². The zero-order valence-electron chi connectivity index (χ0n) is 15.6. The molecule has 2 aromatic rings. The molecule has 1 saturated carbocycles. The predicted octanol–water partition coefficient (Wildman–Crippen LogP) is 3.93. The fourth-order valence-corrected chi connectivity index (χ4v) is 4.18. The Morgan fingerprint density at radius 3 is 2.85 bits per heavy atom. The average Bonchev–Trinajstić information content (AvgIpc) is 3.07. The number of nitrogens with zero attached hydrogens (tertiary/aromatic N) is 2. The maximum atomic E-state index is 14.8. The van der Waals surface area contributed by atoms with Crippen molar-refractivity contribution in [1.29, 1.82) is 0 Å². The highest BCUT2D eigenvalue weighted by atomic mass is 35.5. The Morgan fingerprint density at radius 2 is 2.07 bits per heavy atom. The Kier molecular flexibility index (Phi) is 6.17. The molecule has 0 spiro atoms. The van der Waals surface area contributed by atoms with Gasteiger partial charge in [0, 0.05) is 25.7 Å². The number of benzene rings is 1. The Bertz CT molecular complexity index is 830. The second-order valence-corrected chi connectivity index (χ2v) is 7.38. The third-order valence-electron chi connectivity index (χ3n) is 5.55. The third-order valence-corrected chi connectivity index (χ3v) is 5.55. The standard InChI is InChI=1S/C20H25FN4O.ClH/c1-25-12-16(19(24-25)13-5-3-2-4-6-13)20(26)23-17-8-7-14-11-22-10-9-15(14)18(17)21;/h7-8,12-13,22H,2-6,9-11H2,1H3,(H,23,26);1H. The van der Waals surface area contributed by atoms with Gasteiger partial charge in [-0.1, -0.05) is 25.3 Å². The molecule has 4 rings (SSSR count). The molecule has 2 aliphatic rings. The minimum Gasteiger partial charge on any atom is -0.319 e.